The Hall–Kier alpha value is -0.920. The van der Waals surface area contributed by atoms with Crippen LogP contribution >= 0.6 is 0 Å². The molecule has 1 rings (SSSR count). The Bertz CT molecular complexity index is 370. The maximum Gasteiger partial charge on any atom is 0.214 e. The van der Waals surface area contributed by atoms with Gasteiger partial charge in [0.25, 0.3) is 0 Å². The highest BCUT2D eigenvalue weighted by atomic mass is 32.2. The Morgan fingerprint density at radius 2 is 2.38 bits per heavy atom. The lowest BCUT2D eigenvalue weighted by molar-refractivity contribution is 0.156. The first-order valence-electron chi connectivity index (χ1n) is 3.45. The average molecular weight is 206 g/mol. The van der Waals surface area contributed by atoms with Crippen LogP contribution in [-0.4, -0.2) is 20.7 Å². The molecule has 1 aromatic rings. The average Bonchev–Trinajstić information content (AvgIpc) is 2.33. The lowest BCUT2D eigenvalue weighted by Gasteiger charge is -1.89. The van der Waals surface area contributed by atoms with Crippen LogP contribution in [0.5, 0.6) is 0 Å². The van der Waals surface area contributed by atoms with E-state index in [0.717, 1.165) is 0 Å². The first-order chi connectivity index (χ1) is 6.01. The van der Waals surface area contributed by atoms with Gasteiger partial charge in [0, 0.05) is 13.2 Å². The van der Waals surface area contributed by atoms with E-state index in [-0.39, 0.29) is 18.1 Å². The van der Waals surface area contributed by atoms with Crippen LogP contribution in [0.4, 0.5) is 0 Å². The molecule has 1 aromatic heterocycles. The highest BCUT2D eigenvalue weighted by molar-refractivity contribution is 7.88. The van der Waals surface area contributed by atoms with Crippen molar-refractivity contribution in [1.29, 1.82) is 0 Å². The number of methoxy groups -OCH3 is 1. The molecule has 0 atom stereocenters. The molecule has 0 aromatic carbocycles. The molecule has 0 bridgehead atoms. The molecule has 1 heterocycles. The smallest absolute Gasteiger partial charge is 0.214 e. The Morgan fingerprint density at radius 3 is 2.92 bits per heavy atom. The van der Waals surface area contributed by atoms with E-state index in [9.17, 15) is 8.42 Å². The van der Waals surface area contributed by atoms with Gasteiger partial charge in [-0.25, -0.2) is 13.6 Å². The lowest BCUT2D eigenvalue weighted by Crippen LogP contribution is -2.14. The van der Waals surface area contributed by atoms with Gasteiger partial charge in [-0.15, -0.1) is 0 Å². The van der Waals surface area contributed by atoms with Gasteiger partial charge in [-0.3, -0.25) is 0 Å². The fraction of sp³-hybridized carbons (Fsp3) is 0.500. The summed E-state index contributed by atoms with van der Waals surface area (Å²) in [5.41, 5.74) is 0.287. The molecule has 6 nitrogen and oxygen atoms in total. The number of nitrogens with zero attached hydrogens (tertiary/aromatic N) is 1. The molecule has 0 fully saturated rings. The molecule has 13 heavy (non-hydrogen) atoms. The van der Waals surface area contributed by atoms with E-state index in [2.05, 4.69) is 5.16 Å². The number of hydrogen-bond acceptors (Lipinski definition) is 5. The van der Waals surface area contributed by atoms with E-state index in [1.165, 1.54) is 13.2 Å². The van der Waals surface area contributed by atoms with Crippen LogP contribution in [0.3, 0.4) is 0 Å². The summed E-state index contributed by atoms with van der Waals surface area (Å²) in [4.78, 5) is 0. The van der Waals surface area contributed by atoms with Crippen molar-refractivity contribution in [2.45, 2.75) is 12.4 Å². The normalized spacial score (nSPS) is 11.8. The number of hydrogen-bond donors (Lipinski definition) is 1. The summed E-state index contributed by atoms with van der Waals surface area (Å²) in [6, 6.07) is 1.49. The molecule has 0 aliphatic carbocycles. The number of sulfonamides is 1. The molecule has 0 unspecified atom stereocenters. The third kappa shape index (κ3) is 3.53. The molecule has 0 saturated carbocycles. The molecule has 74 valence electrons. The van der Waals surface area contributed by atoms with Gasteiger partial charge in [0.05, 0.1) is 0 Å². The molecule has 7 heteroatoms. The maximum absolute atomic E-state index is 10.6. The van der Waals surface area contributed by atoms with Crippen LogP contribution in [0.15, 0.2) is 10.6 Å². The molecule has 0 saturated heterocycles. The predicted molar refractivity (Wildman–Crippen MR) is 44.0 cm³/mol. The van der Waals surface area contributed by atoms with Crippen molar-refractivity contribution in [1.82, 2.24) is 5.16 Å². The summed E-state index contributed by atoms with van der Waals surface area (Å²) < 4.78 is 30.8. The number of nitrogens with two attached hydrogens (primary N) is 1. The highest BCUT2D eigenvalue weighted by Crippen LogP contribution is 2.06. The van der Waals surface area contributed by atoms with Crippen molar-refractivity contribution in [3.63, 3.8) is 0 Å². The SMILES string of the molecule is COCc1cc(CS(N)(=O)=O)no1. The summed E-state index contributed by atoms with van der Waals surface area (Å²) in [7, 11) is -2.04. The second-order valence-corrected chi connectivity index (χ2v) is 4.14. The fourth-order valence-electron chi connectivity index (χ4n) is 0.840. The molecule has 0 amide bonds. The van der Waals surface area contributed by atoms with Crippen LogP contribution in [0.25, 0.3) is 0 Å². The van der Waals surface area contributed by atoms with Crippen molar-refractivity contribution in [2.75, 3.05) is 7.11 Å². The van der Waals surface area contributed by atoms with Crippen molar-refractivity contribution in [2.24, 2.45) is 5.14 Å². The van der Waals surface area contributed by atoms with Crippen LogP contribution in [-0.2, 0) is 27.1 Å². The first-order valence-corrected chi connectivity index (χ1v) is 5.16. The minimum absolute atomic E-state index is 0.262. The zero-order valence-corrected chi connectivity index (χ0v) is 7.87. The van der Waals surface area contributed by atoms with Crippen LogP contribution < -0.4 is 5.14 Å². The summed E-state index contributed by atoms with van der Waals surface area (Å²) in [6.07, 6.45) is 0. The van der Waals surface area contributed by atoms with Gasteiger partial charge in [-0.2, -0.15) is 0 Å². The van der Waals surface area contributed by atoms with E-state index in [4.69, 9.17) is 14.4 Å². The molecule has 0 aliphatic heterocycles. The third-order valence-electron chi connectivity index (χ3n) is 1.24. The Morgan fingerprint density at radius 1 is 1.69 bits per heavy atom. The second-order valence-electron chi connectivity index (χ2n) is 2.52. The van der Waals surface area contributed by atoms with Gasteiger partial charge in [0.15, 0.2) is 5.76 Å². The summed E-state index contributed by atoms with van der Waals surface area (Å²) >= 11 is 0. The molecular weight excluding hydrogens is 196 g/mol. The van der Waals surface area contributed by atoms with Crippen molar-refractivity contribution >= 4 is 10.0 Å². The molecule has 0 radical (unpaired) electrons. The first kappa shape index (κ1) is 10.2. The fourth-order valence-corrected chi connectivity index (χ4v) is 1.39. The Labute approximate surface area is 75.7 Å². The standard InChI is InChI=1S/C6H10N2O4S/c1-11-3-6-2-5(8-12-6)4-13(7,9)10/h2H,3-4H2,1H3,(H2,7,9,10). The predicted octanol–water partition coefficient (Wildman–Crippen LogP) is -0.391. The van der Waals surface area contributed by atoms with Crippen molar-refractivity contribution in [3.8, 4) is 0 Å². The topological polar surface area (TPSA) is 95.4 Å². The van der Waals surface area contributed by atoms with E-state index in [1.54, 1.807) is 0 Å². The van der Waals surface area contributed by atoms with Gasteiger partial charge < -0.3 is 9.26 Å². The molecule has 2 N–H and O–H groups in total. The largest absolute Gasteiger partial charge is 0.377 e. The van der Waals surface area contributed by atoms with Gasteiger partial charge in [0.1, 0.15) is 18.1 Å². The highest BCUT2D eigenvalue weighted by Gasteiger charge is 2.10. The summed E-state index contributed by atoms with van der Waals surface area (Å²) in [6.45, 7) is 0.262. The lowest BCUT2D eigenvalue weighted by atomic mass is 10.4. The second kappa shape index (κ2) is 3.86. The quantitative estimate of drug-likeness (QED) is 0.723. The number of rotatable bonds is 4. The van der Waals surface area contributed by atoms with Gasteiger partial charge in [0.2, 0.25) is 10.0 Å². The Kier molecular flexibility index (Phi) is 3.02. The number of primary sulfonamides is 1. The van der Waals surface area contributed by atoms with Gasteiger partial charge >= 0.3 is 0 Å². The summed E-state index contributed by atoms with van der Waals surface area (Å²) in [5, 5.41) is 8.32. The van der Waals surface area contributed by atoms with Gasteiger partial charge in [-0.1, -0.05) is 5.16 Å². The summed E-state index contributed by atoms with van der Waals surface area (Å²) in [5.74, 6) is 0.154. The monoisotopic (exact) mass is 206 g/mol. The van der Waals surface area contributed by atoms with Crippen LogP contribution in [0.2, 0.25) is 0 Å². The molecular formula is C6H10N2O4S. The van der Waals surface area contributed by atoms with Crippen molar-refractivity contribution in [3.05, 3.63) is 17.5 Å². The van der Waals surface area contributed by atoms with E-state index in [1.807, 2.05) is 0 Å². The van der Waals surface area contributed by atoms with Gasteiger partial charge in [-0.05, 0) is 0 Å². The van der Waals surface area contributed by atoms with E-state index >= 15 is 0 Å². The van der Waals surface area contributed by atoms with Crippen LogP contribution in [0.1, 0.15) is 11.5 Å². The van der Waals surface area contributed by atoms with Crippen molar-refractivity contribution < 1.29 is 17.7 Å². The van der Waals surface area contributed by atoms with E-state index in [0.29, 0.717) is 5.76 Å². The molecule has 0 aliphatic rings. The van der Waals surface area contributed by atoms with E-state index < -0.39 is 10.0 Å². The number of ether oxygens (including phenoxy) is 1. The third-order valence-corrected chi connectivity index (χ3v) is 1.94. The minimum atomic E-state index is -3.54. The van der Waals surface area contributed by atoms with Crippen LogP contribution in [0, 0.1) is 0 Å². The maximum atomic E-state index is 10.6. The Balaban J connectivity index is 2.69. The minimum Gasteiger partial charge on any atom is -0.377 e. The molecule has 0 spiro atoms. The number of aromatic nitrogens is 1. The zero-order chi connectivity index (χ0) is 9.90. The zero-order valence-electron chi connectivity index (χ0n) is 7.06.